The van der Waals surface area contributed by atoms with Crippen molar-refractivity contribution in [3.63, 3.8) is 0 Å². The number of primary amides is 1. The number of carbonyl (C=O) groups excluding carboxylic acids is 3. The molecule has 8 nitrogen and oxygen atoms in total. The maximum atomic E-state index is 12.2. The summed E-state index contributed by atoms with van der Waals surface area (Å²) in [5.41, 5.74) is 6.98. The summed E-state index contributed by atoms with van der Waals surface area (Å²) >= 11 is 0. The smallest absolute Gasteiger partial charge is 0.355 e. The fourth-order valence-corrected chi connectivity index (χ4v) is 2.45. The van der Waals surface area contributed by atoms with Crippen molar-refractivity contribution in [3.8, 4) is 0 Å². The van der Waals surface area contributed by atoms with Gasteiger partial charge in [-0.2, -0.15) is 0 Å². The first-order chi connectivity index (χ1) is 11.4. The summed E-state index contributed by atoms with van der Waals surface area (Å²) < 4.78 is 14.9. The normalized spacial score (nSPS) is 14.4. The minimum atomic E-state index is -0.683. The van der Waals surface area contributed by atoms with Crippen molar-refractivity contribution < 1.29 is 28.6 Å². The highest BCUT2D eigenvalue weighted by Gasteiger charge is 2.33. The van der Waals surface area contributed by atoms with Crippen LogP contribution in [0.3, 0.4) is 0 Å². The second kappa shape index (κ2) is 7.14. The van der Waals surface area contributed by atoms with Gasteiger partial charge in [0.15, 0.2) is 0 Å². The topological polar surface area (TPSA) is 108 Å². The van der Waals surface area contributed by atoms with Crippen LogP contribution in [0.25, 0.3) is 0 Å². The quantitative estimate of drug-likeness (QED) is 0.798. The highest BCUT2D eigenvalue weighted by Crippen LogP contribution is 2.29. The number of esters is 2. The van der Waals surface area contributed by atoms with Crippen molar-refractivity contribution in [2.24, 2.45) is 5.73 Å². The van der Waals surface area contributed by atoms with Gasteiger partial charge in [-0.25, -0.2) is 9.59 Å². The van der Waals surface area contributed by atoms with E-state index in [1.165, 1.54) is 25.2 Å². The zero-order chi connectivity index (χ0) is 17.9. The predicted molar refractivity (Wildman–Crippen MR) is 84.1 cm³/mol. The zero-order valence-corrected chi connectivity index (χ0v) is 13.6. The minimum Gasteiger partial charge on any atom is -0.466 e. The lowest BCUT2D eigenvalue weighted by Gasteiger charge is -2.32. The number of hydrogen-bond donors (Lipinski definition) is 1. The zero-order valence-electron chi connectivity index (χ0n) is 13.6. The Morgan fingerprint density at radius 1 is 1.17 bits per heavy atom. The second-order valence-corrected chi connectivity index (χ2v) is 5.08. The van der Waals surface area contributed by atoms with Gasteiger partial charge >= 0.3 is 11.9 Å². The molecule has 1 aliphatic rings. The largest absolute Gasteiger partial charge is 0.466 e. The fraction of sp³-hybridized carbons (Fsp3) is 0.312. The van der Waals surface area contributed by atoms with E-state index in [1.807, 2.05) is 0 Å². The lowest BCUT2D eigenvalue weighted by atomic mass is 10.1. The van der Waals surface area contributed by atoms with E-state index in [1.54, 1.807) is 19.1 Å². The molecule has 0 saturated heterocycles. The molecule has 0 bridgehead atoms. The number of amides is 1. The summed E-state index contributed by atoms with van der Waals surface area (Å²) in [6, 6.07) is 4.76. The molecule has 1 aliphatic heterocycles. The summed E-state index contributed by atoms with van der Waals surface area (Å²) in [4.78, 5) is 36.9. The molecule has 1 heterocycles. The Hall–Kier alpha value is -2.87. The number of anilines is 1. The predicted octanol–water partition coefficient (Wildman–Crippen LogP) is 0.488. The molecule has 0 atom stereocenters. The first-order valence-electron chi connectivity index (χ1n) is 7.06. The second-order valence-electron chi connectivity index (χ2n) is 5.08. The Bertz CT molecular complexity index is 725. The van der Waals surface area contributed by atoms with E-state index in [2.05, 4.69) is 0 Å². The van der Waals surface area contributed by atoms with Crippen molar-refractivity contribution in [1.29, 1.82) is 0 Å². The van der Waals surface area contributed by atoms with E-state index >= 15 is 0 Å². The van der Waals surface area contributed by atoms with Gasteiger partial charge in [-0.15, -0.1) is 0 Å². The lowest BCUT2D eigenvalue weighted by Crippen LogP contribution is -2.39. The van der Waals surface area contributed by atoms with Crippen LogP contribution in [0.5, 0.6) is 0 Å². The maximum absolute atomic E-state index is 12.2. The Morgan fingerprint density at radius 2 is 1.83 bits per heavy atom. The third-order valence-electron chi connectivity index (χ3n) is 3.61. The van der Waals surface area contributed by atoms with Gasteiger partial charge in [0.25, 0.3) is 0 Å². The average Bonchev–Trinajstić information content (AvgIpc) is 2.59. The van der Waals surface area contributed by atoms with Crippen LogP contribution in [0.4, 0.5) is 5.69 Å². The number of nitrogens with two attached hydrogens (primary N) is 1. The van der Waals surface area contributed by atoms with Gasteiger partial charge in [0.05, 0.1) is 26.4 Å². The summed E-state index contributed by atoms with van der Waals surface area (Å²) in [5.74, 6) is -1.91. The Kier molecular flexibility index (Phi) is 5.20. The summed E-state index contributed by atoms with van der Waals surface area (Å²) in [6.07, 6.45) is 0. The molecule has 24 heavy (non-hydrogen) atoms. The van der Waals surface area contributed by atoms with Crippen molar-refractivity contribution in [2.45, 2.75) is 6.92 Å². The van der Waals surface area contributed by atoms with Crippen molar-refractivity contribution in [2.75, 3.05) is 32.5 Å². The van der Waals surface area contributed by atoms with Gasteiger partial charge in [-0.1, -0.05) is 0 Å². The van der Waals surface area contributed by atoms with Crippen LogP contribution < -0.4 is 10.6 Å². The van der Waals surface area contributed by atoms with Crippen LogP contribution in [0.2, 0.25) is 0 Å². The average molecular weight is 334 g/mol. The van der Waals surface area contributed by atoms with Gasteiger partial charge in [-0.3, -0.25) is 4.79 Å². The third kappa shape index (κ3) is 3.23. The minimum absolute atomic E-state index is 0.0433. The molecule has 128 valence electrons. The van der Waals surface area contributed by atoms with Crippen LogP contribution in [-0.2, 0) is 23.8 Å². The van der Waals surface area contributed by atoms with E-state index in [0.29, 0.717) is 16.8 Å². The Morgan fingerprint density at radius 3 is 2.38 bits per heavy atom. The van der Waals surface area contributed by atoms with Gasteiger partial charge in [0.1, 0.15) is 12.4 Å². The van der Waals surface area contributed by atoms with E-state index < -0.39 is 17.8 Å². The standard InChI is InChI=1S/C16H18N2O6/c1-9-6-10(14(17)19)4-5-12(9)18-8-24-7-11(15(20)22-2)13(18)16(21)23-3/h4-6H,7-8H2,1-3H3,(H2,17,19). The molecular formula is C16H18N2O6. The molecule has 2 rings (SSSR count). The number of methoxy groups -OCH3 is 2. The highest BCUT2D eigenvalue weighted by molar-refractivity contribution is 6.03. The molecule has 0 aliphatic carbocycles. The monoisotopic (exact) mass is 334 g/mol. The van der Waals surface area contributed by atoms with Gasteiger partial charge in [0, 0.05) is 11.3 Å². The van der Waals surface area contributed by atoms with Crippen molar-refractivity contribution in [3.05, 3.63) is 40.6 Å². The SMILES string of the molecule is COC(=O)C1=C(C(=O)OC)N(c2ccc(C(N)=O)cc2C)COC1. The van der Waals surface area contributed by atoms with Crippen molar-refractivity contribution in [1.82, 2.24) is 0 Å². The Balaban J connectivity index is 2.57. The molecule has 1 aromatic rings. The van der Waals surface area contributed by atoms with Gasteiger partial charge in [0.2, 0.25) is 5.91 Å². The molecule has 2 N–H and O–H groups in total. The molecular weight excluding hydrogens is 316 g/mol. The van der Waals surface area contributed by atoms with Crippen LogP contribution in [-0.4, -0.2) is 45.4 Å². The molecule has 0 spiro atoms. The molecule has 0 radical (unpaired) electrons. The van der Waals surface area contributed by atoms with Gasteiger partial charge < -0.3 is 24.8 Å². The van der Waals surface area contributed by atoms with E-state index in [-0.39, 0.29) is 24.6 Å². The number of aryl methyl sites for hydroxylation is 1. The van der Waals surface area contributed by atoms with Crippen LogP contribution in [0, 0.1) is 6.92 Å². The molecule has 0 unspecified atom stereocenters. The Labute approximate surface area is 138 Å². The maximum Gasteiger partial charge on any atom is 0.355 e. The molecule has 1 amide bonds. The first-order valence-corrected chi connectivity index (χ1v) is 7.06. The highest BCUT2D eigenvalue weighted by atomic mass is 16.5. The number of ether oxygens (including phenoxy) is 3. The number of rotatable bonds is 4. The van der Waals surface area contributed by atoms with Crippen LogP contribution in [0.1, 0.15) is 15.9 Å². The van der Waals surface area contributed by atoms with Crippen molar-refractivity contribution >= 4 is 23.5 Å². The number of nitrogens with zero attached hydrogens (tertiary/aromatic N) is 1. The van der Waals surface area contributed by atoms with Crippen LogP contribution >= 0.6 is 0 Å². The molecule has 0 fully saturated rings. The molecule has 8 heteroatoms. The lowest BCUT2D eigenvalue weighted by molar-refractivity contribution is -0.140. The van der Waals surface area contributed by atoms with E-state index in [9.17, 15) is 14.4 Å². The number of carbonyl (C=O) groups is 3. The summed E-state index contributed by atoms with van der Waals surface area (Å²) in [7, 11) is 2.44. The van der Waals surface area contributed by atoms with E-state index in [0.717, 1.165) is 0 Å². The molecule has 0 saturated carbocycles. The molecule has 1 aromatic carbocycles. The fourth-order valence-electron chi connectivity index (χ4n) is 2.45. The summed E-state index contributed by atoms with van der Waals surface area (Å²) in [5, 5.41) is 0. The molecule has 0 aromatic heterocycles. The van der Waals surface area contributed by atoms with E-state index in [4.69, 9.17) is 19.9 Å². The van der Waals surface area contributed by atoms with Gasteiger partial charge in [-0.05, 0) is 30.7 Å². The van der Waals surface area contributed by atoms with Crippen LogP contribution in [0.15, 0.2) is 29.5 Å². The summed E-state index contributed by atoms with van der Waals surface area (Å²) in [6.45, 7) is 1.73. The first kappa shape index (κ1) is 17.5. The third-order valence-corrected chi connectivity index (χ3v) is 3.61. The number of benzene rings is 1. The number of hydrogen-bond acceptors (Lipinski definition) is 7.